The quantitative estimate of drug-likeness (QED) is 0.500. The number of aromatic nitrogens is 4. The van der Waals surface area contributed by atoms with Gasteiger partial charge < -0.3 is 9.47 Å². The molecule has 3 atom stereocenters. The molecule has 0 radical (unpaired) electrons. The summed E-state index contributed by atoms with van der Waals surface area (Å²) >= 11 is 1.82. The van der Waals surface area contributed by atoms with Crippen LogP contribution >= 0.6 is 11.3 Å². The summed E-state index contributed by atoms with van der Waals surface area (Å²) in [6.07, 6.45) is 6.14. The molecular weight excluding hydrogens is 412 g/mol. The van der Waals surface area contributed by atoms with Crippen LogP contribution in [-0.2, 0) is 12.8 Å². The lowest BCUT2D eigenvalue weighted by Crippen LogP contribution is -2.27. The Kier molecular flexibility index (Phi) is 3.82. The molecule has 2 aliphatic heterocycles. The summed E-state index contributed by atoms with van der Waals surface area (Å²) in [6, 6.07) is 6.28. The molecule has 8 nitrogen and oxygen atoms in total. The topological polar surface area (TPSA) is 85.6 Å². The molecule has 158 valence electrons. The van der Waals surface area contributed by atoms with Gasteiger partial charge >= 0.3 is 0 Å². The van der Waals surface area contributed by atoms with Crippen molar-refractivity contribution in [3.63, 3.8) is 0 Å². The number of aryl methyl sites for hydroxylation is 1. The molecule has 1 aromatic carbocycles. The van der Waals surface area contributed by atoms with E-state index < -0.39 is 0 Å². The Hall–Kier alpha value is -2.75. The molecule has 3 aliphatic rings. The normalized spacial score (nSPS) is 24.9. The standard InChI is InChI=1S/C22H22N6O2S/c1-11-2-4-13-18(6-11)31-22-19(13)21-24-20(27-28(21)9-23-22)15-8-14(25-26-15)12-3-5-16-17(7-12)30-10-29-16/h3,5,7,9,11,14-15,25-26H,2,4,6,8,10H2,1H3. The second-order valence-electron chi connectivity index (χ2n) is 8.76. The summed E-state index contributed by atoms with van der Waals surface area (Å²) in [7, 11) is 0. The van der Waals surface area contributed by atoms with Crippen molar-refractivity contribution in [2.24, 2.45) is 5.92 Å². The van der Waals surface area contributed by atoms with Gasteiger partial charge in [-0.1, -0.05) is 13.0 Å². The number of thiophene rings is 1. The van der Waals surface area contributed by atoms with Crippen molar-refractivity contribution in [1.29, 1.82) is 0 Å². The number of benzene rings is 1. The molecule has 3 aromatic heterocycles. The van der Waals surface area contributed by atoms with Crippen molar-refractivity contribution in [2.75, 3.05) is 6.79 Å². The Labute approximate surface area is 182 Å². The van der Waals surface area contributed by atoms with Crippen LogP contribution in [0, 0.1) is 5.92 Å². The zero-order valence-corrected chi connectivity index (χ0v) is 17.9. The minimum Gasteiger partial charge on any atom is -0.454 e. The Balaban J connectivity index is 1.22. The van der Waals surface area contributed by atoms with Crippen LogP contribution in [0.2, 0.25) is 0 Å². The highest BCUT2D eigenvalue weighted by atomic mass is 32.1. The van der Waals surface area contributed by atoms with Crippen molar-refractivity contribution < 1.29 is 9.47 Å². The largest absolute Gasteiger partial charge is 0.454 e. The predicted octanol–water partition coefficient (Wildman–Crippen LogP) is 3.47. The highest BCUT2D eigenvalue weighted by Gasteiger charge is 2.31. The maximum atomic E-state index is 5.53. The van der Waals surface area contributed by atoms with E-state index in [0.29, 0.717) is 0 Å². The molecule has 0 bridgehead atoms. The van der Waals surface area contributed by atoms with Gasteiger partial charge in [0.1, 0.15) is 11.2 Å². The van der Waals surface area contributed by atoms with Crippen molar-refractivity contribution in [3.05, 3.63) is 46.4 Å². The van der Waals surface area contributed by atoms with Crippen LogP contribution in [0.15, 0.2) is 24.5 Å². The number of ether oxygens (including phenoxy) is 2. The molecule has 1 saturated heterocycles. The first-order chi connectivity index (χ1) is 15.2. The molecule has 3 unspecified atom stereocenters. The van der Waals surface area contributed by atoms with Crippen molar-refractivity contribution >= 4 is 27.2 Å². The second-order valence-corrected chi connectivity index (χ2v) is 9.84. The molecule has 0 saturated carbocycles. The van der Waals surface area contributed by atoms with Gasteiger partial charge in [0.2, 0.25) is 6.79 Å². The maximum Gasteiger partial charge on any atom is 0.231 e. The van der Waals surface area contributed by atoms with Crippen molar-refractivity contribution in [2.45, 2.75) is 44.7 Å². The van der Waals surface area contributed by atoms with E-state index in [-0.39, 0.29) is 18.9 Å². The van der Waals surface area contributed by atoms with E-state index in [0.717, 1.165) is 58.5 Å². The number of nitrogens with zero attached hydrogens (tertiary/aromatic N) is 4. The van der Waals surface area contributed by atoms with Gasteiger partial charge in [-0.25, -0.2) is 25.3 Å². The fourth-order valence-corrected chi connectivity index (χ4v) is 6.32. The van der Waals surface area contributed by atoms with Crippen LogP contribution in [0.25, 0.3) is 15.9 Å². The fourth-order valence-electron chi connectivity index (χ4n) is 4.98. The number of hydrogen-bond acceptors (Lipinski definition) is 8. The van der Waals surface area contributed by atoms with Crippen LogP contribution in [0.3, 0.4) is 0 Å². The van der Waals surface area contributed by atoms with Gasteiger partial charge in [-0.05, 0) is 54.9 Å². The predicted molar refractivity (Wildman–Crippen MR) is 116 cm³/mol. The number of nitrogens with one attached hydrogen (secondary N) is 2. The number of hydrazine groups is 1. The molecule has 0 spiro atoms. The molecule has 4 aromatic rings. The SMILES string of the molecule is CC1CCc2c(sc3ncn4nc(C5CC(c6ccc7c(c6)OCO7)NN5)nc4c23)C1. The molecule has 1 aliphatic carbocycles. The molecule has 31 heavy (non-hydrogen) atoms. The maximum absolute atomic E-state index is 5.53. The van der Waals surface area contributed by atoms with Crippen LogP contribution in [-0.4, -0.2) is 26.4 Å². The zero-order chi connectivity index (χ0) is 20.5. The van der Waals surface area contributed by atoms with Gasteiger partial charge in [0.15, 0.2) is 23.0 Å². The molecule has 5 heterocycles. The Morgan fingerprint density at radius 3 is 3.03 bits per heavy atom. The third-order valence-electron chi connectivity index (χ3n) is 6.66. The minimum atomic E-state index is 0.0276. The van der Waals surface area contributed by atoms with Crippen LogP contribution < -0.4 is 20.3 Å². The van der Waals surface area contributed by atoms with Crippen molar-refractivity contribution in [3.8, 4) is 11.5 Å². The van der Waals surface area contributed by atoms with E-state index in [1.807, 2.05) is 28.0 Å². The summed E-state index contributed by atoms with van der Waals surface area (Å²) in [6.45, 7) is 2.62. The first kappa shape index (κ1) is 17.9. The summed E-state index contributed by atoms with van der Waals surface area (Å²) in [4.78, 5) is 12.2. The number of fused-ring (bicyclic) bond motifs is 6. The molecule has 9 heteroatoms. The molecule has 1 fully saturated rings. The average Bonchev–Trinajstić information content (AvgIpc) is 3.55. The van der Waals surface area contributed by atoms with E-state index in [2.05, 4.69) is 23.8 Å². The molecule has 0 amide bonds. The van der Waals surface area contributed by atoms with Gasteiger partial charge in [0, 0.05) is 10.9 Å². The lowest BCUT2D eigenvalue weighted by atomic mass is 9.89. The summed E-state index contributed by atoms with van der Waals surface area (Å²) in [5.41, 5.74) is 10.3. The minimum absolute atomic E-state index is 0.0276. The average molecular weight is 435 g/mol. The third kappa shape index (κ3) is 2.77. The van der Waals surface area contributed by atoms with Crippen LogP contribution in [0.5, 0.6) is 11.5 Å². The van der Waals surface area contributed by atoms with Gasteiger partial charge in [-0.2, -0.15) is 0 Å². The van der Waals surface area contributed by atoms with Crippen molar-refractivity contribution in [1.82, 2.24) is 30.4 Å². The van der Waals surface area contributed by atoms with Gasteiger partial charge in [-0.3, -0.25) is 0 Å². The Morgan fingerprint density at radius 2 is 2.06 bits per heavy atom. The van der Waals surface area contributed by atoms with Crippen LogP contribution in [0.4, 0.5) is 0 Å². The third-order valence-corrected chi connectivity index (χ3v) is 7.82. The summed E-state index contributed by atoms with van der Waals surface area (Å²) in [5, 5.41) is 5.98. The fraction of sp³-hybridized carbons (Fsp3) is 0.409. The Bertz CT molecular complexity index is 1330. The number of rotatable bonds is 2. The van der Waals surface area contributed by atoms with Gasteiger partial charge in [-0.15, -0.1) is 16.4 Å². The Morgan fingerprint density at radius 1 is 1.16 bits per heavy atom. The van der Waals surface area contributed by atoms with E-state index in [9.17, 15) is 0 Å². The highest BCUT2D eigenvalue weighted by Crippen LogP contribution is 2.40. The monoisotopic (exact) mass is 434 g/mol. The molecular formula is C22H22N6O2S. The molecule has 7 rings (SSSR count). The van der Waals surface area contributed by atoms with E-state index in [1.54, 1.807) is 6.33 Å². The second kappa shape index (κ2) is 6.62. The summed E-state index contributed by atoms with van der Waals surface area (Å²) in [5.74, 6) is 3.15. The highest BCUT2D eigenvalue weighted by molar-refractivity contribution is 7.19. The smallest absolute Gasteiger partial charge is 0.231 e. The van der Waals surface area contributed by atoms with E-state index in [1.165, 1.54) is 22.2 Å². The zero-order valence-electron chi connectivity index (χ0n) is 17.1. The first-order valence-electron chi connectivity index (χ1n) is 10.8. The lowest BCUT2D eigenvalue weighted by molar-refractivity contribution is 0.174. The van der Waals surface area contributed by atoms with E-state index in [4.69, 9.17) is 24.5 Å². The lowest BCUT2D eigenvalue weighted by Gasteiger charge is -2.17. The first-order valence-corrected chi connectivity index (χ1v) is 11.6. The number of hydrogen-bond donors (Lipinski definition) is 2. The van der Waals surface area contributed by atoms with Gasteiger partial charge in [0.05, 0.1) is 11.4 Å². The van der Waals surface area contributed by atoms with E-state index >= 15 is 0 Å². The summed E-state index contributed by atoms with van der Waals surface area (Å²) < 4.78 is 12.8. The molecule has 2 N–H and O–H groups in total. The van der Waals surface area contributed by atoms with Crippen LogP contribution in [0.1, 0.15) is 53.7 Å². The van der Waals surface area contributed by atoms with Gasteiger partial charge in [0.25, 0.3) is 0 Å².